The summed E-state index contributed by atoms with van der Waals surface area (Å²) in [7, 11) is 0. The van der Waals surface area contributed by atoms with Crippen LogP contribution in [0.5, 0.6) is 11.6 Å². The summed E-state index contributed by atoms with van der Waals surface area (Å²) in [4.78, 5) is 6.69. The highest BCUT2D eigenvalue weighted by molar-refractivity contribution is 5.25. The summed E-state index contributed by atoms with van der Waals surface area (Å²) in [5.41, 5.74) is 0. The fourth-order valence-electron chi connectivity index (χ4n) is 0.914. The van der Waals surface area contributed by atoms with Gasteiger partial charge in [-0.3, -0.25) is 0 Å². The van der Waals surface area contributed by atoms with Crippen LogP contribution in [0.4, 0.5) is 0 Å². The number of H-pyrrole nitrogens is 1. The Bertz CT molecular complexity index is 329. The normalized spacial score (nSPS) is 8.71. The second-order valence-corrected chi connectivity index (χ2v) is 2.33. The minimum atomic E-state index is 0.654. The van der Waals surface area contributed by atoms with E-state index in [9.17, 15) is 0 Å². The van der Waals surface area contributed by atoms with Crippen LogP contribution in [0.1, 0.15) is 13.8 Å². The Hall–Kier alpha value is -1.77. The maximum Gasteiger partial charge on any atom is 0.217 e. The number of imidazole rings is 1. The van der Waals surface area contributed by atoms with E-state index in [1.807, 2.05) is 44.2 Å². The van der Waals surface area contributed by atoms with E-state index in [4.69, 9.17) is 4.74 Å². The molecule has 1 aromatic carbocycles. The van der Waals surface area contributed by atoms with Gasteiger partial charge in [0, 0.05) is 0 Å². The van der Waals surface area contributed by atoms with E-state index in [1.54, 1.807) is 12.5 Å². The van der Waals surface area contributed by atoms with Gasteiger partial charge in [-0.2, -0.15) is 0 Å². The molecule has 0 amide bonds. The van der Waals surface area contributed by atoms with E-state index in [-0.39, 0.29) is 0 Å². The molecule has 74 valence electrons. The molecule has 0 fully saturated rings. The smallest absolute Gasteiger partial charge is 0.217 e. The Morgan fingerprint density at radius 2 is 1.86 bits per heavy atom. The van der Waals surface area contributed by atoms with Crippen LogP contribution in [0.3, 0.4) is 0 Å². The van der Waals surface area contributed by atoms with Crippen molar-refractivity contribution in [3.8, 4) is 11.6 Å². The molecule has 3 heteroatoms. The van der Waals surface area contributed by atoms with Gasteiger partial charge in [0.05, 0.1) is 12.5 Å². The predicted molar refractivity (Wildman–Crippen MR) is 56.5 cm³/mol. The van der Waals surface area contributed by atoms with Gasteiger partial charge >= 0.3 is 0 Å². The third-order valence-electron chi connectivity index (χ3n) is 1.44. The largest absolute Gasteiger partial charge is 0.439 e. The summed E-state index contributed by atoms with van der Waals surface area (Å²) in [6, 6.07) is 9.57. The SMILES string of the molecule is CC.c1ccc(Oc2cnc[nH]2)cc1. The van der Waals surface area contributed by atoms with Crippen LogP contribution in [0.2, 0.25) is 0 Å². The van der Waals surface area contributed by atoms with Crippen molar-refractivity contribution in [1.29, 1.82) is 0 Å². The van der Waals surface area contributed by atoms with Crippen LogP contribution in [-0.4, -0.2) is 9.97 Å². The van der Waals surface area contributed by atoms with Crippen molar-refractivity contribution in [3.63, 3.8) is 0 Å². The summed E-state index contributed by atoms with van der Waals surface area (Å²) in [6.07, 6.45) is 3.21. The maximum atomic E-state index is 5.40. The van der Waals surface area contributed by atoms with Crippen LogP contribution in [0, 0.1) is 0 Å². The van der Waals surface area contributed by atoms with Crippen molar-refractivity contribution < 1.29 is 4.74 Å². The molecule has 2 rings (SSSR count). The summed E-state index contributed by atoms with van der Waals surface area (Å²) in [5.74, 6) is 1.46. The second kappa shape index (κ2) is 5.80. The highest BCUT2D eigenvalue weighted by atomic mass is 16.5. The molecule has 2 aromatic rings. The first-order valence-electron chi connectivity index (χ1n) is 4.66. The molecule has 0 aliphatic heterocycles. The number of nitrogens with zero attached hydrogens (tertiary/aromatic N) is 1. The number of benzene rings is 1. The quantitative estimate of drug-likeness (QED) is 0.789. The molecule has 0 spiro atoms. The molecule has 0 saturated heterocycles. The van der Waals surface area contributed by atoms with Gasteiger partial charge in [-0.25, -0.2) is 4.98 Å². The maximum absolute atomic E-state index is 5.40. The minimum absolute atomic E-state index is 0.654. The fraction of sp³-hybridized carbons (Fsp3) is 0.182. The summed E-state index contributed by atoms with van der Waals surface area (Å²) in [5, 5.41) is 0. The van der Waals surface area contributed by atoms with E-state index in [1.165, 1.54) is 0 Å². The number of ether oxygens (including phenoxy) is 1. The van der Waals surface area contributed by atoms with Gasteiger partial charge in [0.25, 0.3) is 0 Å². The summed E-state index contributed by atoms with van der Waals surface area (Å²) < 4.78 is 5.40. The number of hydrogen-bond acceptors (Lipinski definition) is 2. The van der Waals surface area contributed by atoms with Crippen molar-refractivity contribution in [1.82, 2.24) is 9.97 Å². The lowest BCUT2D eigenvalue weighted by atomic mass is 10.3. The van der Waals surface area contributed by atoms with E-state index in [0.717, 1.165) is 5.75 Å². The van der Waals surface area contributed by atoms with Crippen molar-refractivity contribution in [3.05, 3.63) is 42.9 Å². The lowest BCUT2D eigenvalue weighted by Gasteiger charge is -1.99. The zero-order chi connectivity index (χ0) is 10.2. The Kier molecular flexibility index (Phi) is 4.27. The van der Waals surface area contributed by atoms with Gasteiger partial charge in [-0.15, -0.1) is 0 Å². The van der Waals surface area contributed by atoms with Crippen LogP contribution >= 0.6 is 0 Å². The average molecular weight is 190 g/mol. The second-order valence-electron chi connectivity index (χ2n) is 2.33. The number of hydrogen-bond donors (Lipinski definition) is 1. The molecule has 3 nitrogen and oxygen atoms in total. The Morgan fingerprint density at radius 3 is 2.43 bits per heavy atom. The monoisotopic (exact) mass is 190 g/mol. The Balaban J connectivity index is 0.000000461. The van der Waals surface area contributed by atoms with Crippen LogP contribution in [0.15, 0.2) is 42.9 Å². The molecule has 1 N–H and O–H groups in total. The minimum Gasteiger partial charge on any atom is -0.439 e. The number of rotatable bonds is 2. The van der Waals surface area contributed by atoms with Gasteiger partial charge < -0.3 is 9.72 Å². The summed E-state index contributed by atoms with van der Waals surface area (Å²) >= 11 is 0. The molecule has 0 bridgehead atoms. The first-order valence-corrected chi connectivity index (χ1v) is 4.66. The molecule has 0 radical (unpaired) electrons. The molecule has 0 saturated carbocycles. The molecule has 14 heavy (non-hydrogen) atoms. The first kappa shape index (κ1) is 10.3. The molecule has 0 atom stereocenters. The van der Waals surface area contributed by atoms with Gasteiger partial charge in [0.15, 0.2) is 0 Å². The van der Waals surface area contributed by atoms with Crippen molar-refractivity contribution in [2.24, 2.45) is 0 Å². The third kappa shape index (κ3) is 2.94. The Labute approximate surface area is 83.8 Å². The molecule has 0 aliphatic carbocycles. The zero-order valence-electron chi connectivity index (χ0n) is 8.40. The van der Waals surface area contributed by atoms with E-state index >= 15 is 0 Å². The highest BCUT2D eigenvalue weighted by Crippen LogP contribution is 2.16. The lowest BCUT2D eigenvalue weighted by molar-refractivity contribution is 0.466. The standard InChI is InChI=1S/C9H8N2O.C2H6/c1-2-4-8(5-3-1)12-9-6-10-7-11-9;1-2/h1-7H,(H,10,11);1-2H3. The number of nitrogens with one attached hydrogen (secondary N) is 1. The third-order valence-corrected chi connectivity index (χ3v) is 1.44. The highest BCUT2D eigenvalue weighted by Gasteiger charge is 1.94. The van der Waals surface area contributed by atoms with Gasteiger partial charge in [-0.05, 0) is 12.1 Å². The van der Waals surface area contributed by atoms with Crippen LogP contribution in [-0.2, 0) is 0 Å². The lowest BCUT2D eigenvalue weighted by Crippen LogP contribution is -1.81. The number of para-hydroxylation sites is 1. The van der Waals surface area contributed by atoms with Gasteiger partial charge in [0.2, 0.25) is 5.88 Å². The van der Waals surface area contributed by atoms with E-state index < -0.39 is 0 Å². The Morgan fingerprint density at radius 1 is 1.14 bits per heavy atom. The average Bonchev–Trinajstić information content (AvgIpc) is 2.75. The topological polar surface area (TPSA) is 37.9 Å². The molecule has 1 aromatic heterocycles. The van der Waals surface area contributed by atoms with Crippen molar-refractivity contribution >= 4 is 0 Å². The number of aromatic amines is 1. The predicted octanol–water partition coefficient (Wildman–Crippen LogP) is 3.23. The molecule has 1 heterocycles. The molecular weight excluding hydrogens is 176 g/mol. The summed E-state index contributed by atoms with van der Waals surface area (Å²) in [6.45, 7) is 4.00. The molecule has 0 aliphatic rings. The van der Waals surface area contributed by atoms with Gasteiger partial charge in [0.1, 0.15) is 5.75 Å². The molecule has 0 unspecified atom stereocenters. The van der Waals surface area contributed by atoms with Crippen LogP contribution < -0.4 is 4.74 Å². The molecular formula is C11H14N2O. The van der Waals surface area contributed by atoms with E-state index in [0.29, 0.717) is 5.88 Å². The fourth-order valence-corrected chi connectivity index (χ4v) is 0.914. The first-order chi connectivity index (χ1) is 6.95. The van der Waals surface area contributed by atoms with Crippen molar-refractivity contribution in [2.45, 2.75) is 13.8 Å². The number of aromatic nitrogens is 2. The zero-order valence-corrected chi connectivity index (χ0v) is 8.40. The van der Waals surface area contributed by atoms with Crippen molar-refractivity contribution in [2.75, 3.05) is 0 Å². The van der Waals surface area contributed by atoms with Crippen LogP contribution in [0.25, 0.3) is 0 Å². The van der Waals surface area contributed by atoms with Gasteiger partial charge in [-0.1, -0.05) is 32.0 Å². The van der Waals surface area contributed by atoms with E-state index in [2.05, 4.69) is 9.97 Å².